The lowest BCUT2D eigenvalue weighted by atomic mass is 9.96. The molecule has 0 aromatic rings. The van der Waals surface area contributed by atoms with Crippen LogP contribution in [0.25, 0.3) is 0 Å². The van der Waals surface area contributed by atoms with Crippen LogP contribution in [0.2, 0.25) is 0 Å². The number of carbonyl (C=O) groups excluding carboxylic acids is 1. The van der Waals surface area contributed by atoms with Crippen molar-refractivity contribution in [1.82, 2.24) is 0 Å². The lowest BCUT2D eigenvalue weighted by Gasteiger charge is -2.29. The van der Waals surface area contributed by atoms with Crippen LogP contribution in [0.1, 0.15) is 12.8 Å². The number of alkyl halides is 1. The normalized spacial score (nSPS) is 35.6. The predicted octanol–water partition coefficient (Wildman–Crippen LogP) is 1.09. The van der Waals surface area contributed by atoms with Crippen molar-refractivity contribution < 1.29 is 9.53 Å². The Morgan fingerprint density at radius 2 is 2.38 bits per heavy atom. The summed E-state index contributed by atoms with van der Waals surface area (Å²) in [6.45, 7) is 0.512. The Morgan fingerprint density at radius 3 is 2.50 bits per heavy atom. The molecule has 1 aliphatic carbocycles. The molecule has 0 N–H and O–H groups in total. The Morgan fingerprint density at radius 1 is 1.62 bits per heavy atom. The van der Waals surface area contributed by atoms with Gasteiger partial charge >= 0.3 is 0 Å². The second-order valence-corrected chi connectivity index (χ2v) is 3.04. The van der Waals surface area contributed by atoms with Gasteiger partial charge in [-0.05, 0) is 12.8 Å². The molecule has 2 atom stereocenters. The van der Waals surface area contributed by atoms with Gasteiger partial charge in [-0.3, -0.25) is 4.79 Å². The van der Waals surface area contributed by atoms with Gasteiger partial charge in [-0.1, -0.05) is 15.9 Å². The van der Waals surface area contributed by atoms with Gasteiger partial charge in [0.05, 0.1) is 4.83 Å². The maximum Gasteiger partial charge on any atom is 0.293 e. The van der Waals surface area contributed by atoms with Gasteiger partial charge in [-0.15, -0.1) is 0 Å². The van der Waals surface area contributed by atoms with E-state index in [-0.39, 0.29) is 6.10 Å². The first-order valence-electron chi connectivity index (χ1n) is 2.58. The van der Waals surface area contributed by atoms with E-state index in [9.17, 15) is 4.79 Å². The third kappa shape index (κ3) is 1.02. The quantitative estimate of drug-likeness (QED) is 0.468. The van der Waals surface area contributed by atoms with Crippen molar-refractivity contribution in [1.29, 1.82) is 0 Å². The number of hydrogen-bond acceptors (Lipinski definition) is 2. The summed E-state index contributed by atoms with van der Waals surface area (Å²) in [5, 5.41) is 0. The fourth-order valence-electron chi connectivity index (χ4n) is 0.653. The number of ether oxygens (including phenoxy) is 1. The van der Waals surface area contributed by atoms with Gasteiger partial charge in [0.15, 0.2) is 0 Å². The highest BCUT2D eigenvalue weighted by Crippen LogP contribution is 2.29. The summed E-state index contributed by atoms with van der Waals surface area (Å²) < 4.78 is 4.66. The van der Waals surface area contributed by atoms with Gasteiger partial charge in [-0.2, -0.15) is 0 Å². The Labute approximate surface area is 56.3 Å². The maximum absolute atomic E-state index is 9.71. The van der Waals surface area contributed by atoms with Gasteiger partial charge in [0.1, 0.15) is 6.10 Å². The molecular weight excluding hydrogens is 172 g/mol. The standard InChI is InChI=1S/C5H7BrO2/c6-4-1-2-5(4)8-3-7/h3-5H,1-2H2. The fraction of sp³-hybridized carbons (Fsp3) is 0.800. The minimum Gasteiger partial charge on any atom is -0.463 e. The highest BCUT2D eigenvalue weighted by molar-refractivity contribution is 9.09. The van der Waals surface area contributed by atoms with E-state index in [2.05, 4.69) is 20.7 Å². The molecule has 0 saturated heterocycles. The lowest BCUT2D eigenvalue weighted by Crippen LogP contribution is -2.33. The monoisotopic (exact) mass is 178 g/mol. The first kappa shape index (κ1) is 6.08. The minimum absolute atomic E-state index is 0.146. The first-order chi connectivity index (χ1) is 3.84. The zero-order valence-corrected chi connectivity index (χ0v) is 5.93. The molecule has 0 aromatic heterocycles. The number of carbonyl (C=O) groups is 1. The molecule has 0 amide bonds. The second-order valence-electron chi connectivity index (χ2n) is 1.86. The molecule has 2 unspecified atom stereocenters. The average molecular weight is 179 g/mol. The zero-order valence-electron chi connectivity index (χ0n) is 4.34. The molecule has 1 fully saturated rings. The molecule has 2 nitrogen and oxygen atoms in total. The summed E-state index contributed by atoms with van der Waals surface area (Å²) in [7, 11) is 0. The molecule has 46 valence electrons. The van der Waals surface area contributed by atoms with Crippen LogP contribution < -0.4 is 0 Å². The van der Waals surface area contributed by atoms with Gasteiger partial charge in [0.2, 0.25) is 0 Å². The number of halogens is 1. The summed E-state index contributed by atoms with van der Waals surface area (Å²) in [6.07, 6.45) is 2.28. The fourth-order valence-corrected chi connectivity index (χ4v) is 1.31. The third-order valence-electron chi connectivity index (χ3n) is 1.36. The molecule has 0 bridgehead atoms. The minimum atomic E-state index is 0.146. The van der Waals surface area contributed by atoms with E-state index < -0.39 is 0 Å². The summed E-state index contributed by atoms with van der Waals surface area (Å²) >= 11 is 3.34. The smallest absolute Gasteiger partial charge is 0.293 e. The van der Waals surface area contributed by atoms with Crippen molar-refractivity contribution in [3.63, 3.8) is 0 Å². The molecule has 3 heteroatoms. The van der Waals surface area contributed by atoms with Crippen LogP contribution in [0, 0.1) is 0 Å². The Bertz CT molecular complexity index is 94.4. The van der Waals surface area contributed by atoms with Crippen LogP contribution in [0.5, 0.6) is 0 Å². The van der Waals surface area contributed by atoms with Gasteiger partial charge in [-0.25, -0.2) is 0 Å². The molecule has 0 spiro atoms. The topological polar surface area (TPSA) is 26.3 Å². The summed E-state index contributed by atoms with van der Waals surface area (Å²) in [6, 6.07) is 0. The highest BCUT2D eigenvalue weighted by atomic mass is 79.9. The summed E-state index contributed by atoms with van der Waals surface area (Å²) in [4.78, 5) is 10.1. The van der Waals surface area contributed by atoms with Crippen molar-refractivity contribution in [3.05, 3.63) is 0 Å². The van der Waals surface area contributed by atoms with Crippen LogP contribution in [-0.4, -0.2) is 17.4 Å². The van der Waals surface area contributed by atoms with E-state index in [0.29, 0.717) is 11.3 Å². The number of rotatable bonds is 2. The predicted molar refractivity (Wildman–Crippen MR) is 32.9 cm³/mol. The van der Waals surface area contributed by atoms with Crippen molar-refractivity contribution in [2.24, 2.45) is 0 Å². The Hall–Kier alpha value is -0.0500. The lowest BCUT2D eigenvalue weighted by molar-refractivity contribution is -0.136. The molecule has 0 aliphatic heterocycles. The molecule has 0 radical (unpaired) electrons. The van der Waals surface area contributed by atoms with Crippen LogP contribution in [0.3, 0.4) is 0 Å². The number of hydrogen-bond donors (Lipinski definition) is 0. The van der Waals surface area contributed by atoms with Crippen LogP contribution >= 0.6 is 15.9 Å². The Kier molecular flexibility index (Phi) is 1.89. The molecule has 1 aliphatic rings. The first-order valence-corrected chi connectivity index (χ1v) is 3.49. The van der Waals surface area contributed by atoms with Gasteiger partial charge in [0, 0.05) is 0 Å². The van der Waals surface area contributed by atoms with Gasteiger partial charge in [0.25, 0.3) is 6.47 Å². The zero-order chi connectivity index (χ0) is 5.98. The Balaban J connectivity index is 2.16. The molecule has 0 aromatic carbocycles. The van der Waals surface area contributed by atoms with E-state index in [4.69, 9.17) is 0 Å². The van der Waals surface area contributed by atoms with Crippen LogP contribution in [0.4, 0.5) is 0 Å². The molecule has 8 heavy (non-hydrogen) atoms. The summed E-state index contributed by atoms with van der Waals surface area (Å²) in [5.74, 6) is 0. The average Bonchev–Trinajstić information content (AvgIpc) is 1.79. The van der Waals surface area contributed by atoms with Crippen molar-refractivity contribution >= 4 is 22.4 Å². The van der Waals surface area contributed by atoms with E-state index in [0.717, 1.165) is 12.8 Å². The second kappa shape index (κ2) is 2.49. The van der Waals surface area contributed by atoms with Crippen molar-refractivity contribution in [2.45, 2.75) is 23.8 Å². The SMILES string of the molecule is O=COC1CCC1Br. The van der Waals surface area contributed by atoms with Crippen LogP contribution in [0.15, 0.2) is 0 Å². The van der Waals surface area contributed by atoms with E-state index in [1.165, 1.54) is 0 Å². The van der Waals surface area contributed by atoms with E-state index in [1.807, 2.05) is 0 Å². The summed E-state index contributed by atoms with van der Waals surface area (Å²) in [5.41, 5.74) is 0. The van der Waals surface area contributed by atoms with E-state index in [1.54, 1.807) is 0 Å². The van der Waals surface area contributed by atoms with Crippen LogP contribution in [-0.2, 0) is 9.53 Å². The van der Waals surface area contributed by atoms with Gasteiger partial charge < -0.3 is 4.74 Å². The molecule has 1 saturated carbocycles. The maximum atomic E-state index is 9.71. The van der Waals surface area contributed by atoms with Crippen molar-refractivity contribution in [2.75, 3.05) is 0 Å². The molecule has 0 heterocycles. The highest BCUT2D eigenvalue weighted by Gasteiger charge is 2.29. The molecule has 1 rings (SSSR count). The van der Waals surface area contributed by atoms with E-state index >= 15 is 0 Å². The largest absolute Gasteiger partial charge is 0.463 e. The molecular formula is C5H7BrO2. The third-order valence-corrected chi connectivity index (χ3v) is 2.41. The van der Waals surface area contributed by atoms with Crippen molar-refractivity contribution in [3.8, 4) is 0 Å².